The second-order valence-electron chi connectivity index (χ2n) is 6.47. The molecule has 5 nitrogen and oxygen atoms in total. The summed E-state index contributed by atoms with van der Waals surface area (Å²) in [5.41, 5.74) is 4.36. The summed E-state index contributed by atoms with van der Waals surface area (Å²) >= 11 is 0. The molecule has 3 rings (SSSR count). The van der Waals surface area contributed by atoms with Crippen LogP contribution in [0.2, 0.25) is 0 Å². The molecule has 0 bridgehead atoms. The first-order valence-corrected chi connectivity index (χ1v) is 9.77. The molecule has 132 valence electrons. The maximum absolute atomic E-state index is 12.6. The van der Waals surface area contributed by atoms with E-state index in [1.807, 2.05) is 32.0 Å². The van der Waals surface area contributed by atoms with Gasteiger partial charge in [-0.05, 0) is 73.7 Å². The normalized spacial score (nSPS) is 14.1. The lowest BCUT2D eigenvalue weighted by molar-refractivity contribution is -0.116. The van der Waals surface area contributed by atoms with Gasteiger partial charge in [-0.3, -0.25) is 9.52 Å². The highest BCUT2D eigenvalue weighted by molar-refractivity contribution is 7.92. The average Bonchev–Trinajstić information content (AvgIpc) is 2.56. The predicted octanol–water partition coefficient (Wildman–Crippen LogP) is 3.40. The van der Waals surface area contributed by atoms with Gasteiger partial charge < -0.3 is 4.90 Å². The van der Waals surface area contributed by atoms with Crippen LogP contribution in [0.1, 0.15) is 30.0 Å². The van der Waals surface area contributed by atoms with Crippen molar-refractivity contribution >= 4 is 27.3 Å². The van der Waals surface area contributed by atoms with Gasteiger partial charge in [0.1, 0.15) is 0 Å². The van der Waals surface area contributed by atoms with E-state index in [4.69, 9.17) is 0 Å². The molecule has 0 radical (unpaired) electrons. The Kier molecular flexibility index (Phi) is 4.56. The fraction of sp³-hybridized carbons (Fsp3) is 0.316. The molecule has 1 N–H and O–H groups in total. The Hall–Kier alpha value is -2.34. The number of carbonyl (C=O) groups is 1. The quantitative estimate of drug-likeness (QED) is 0.914. The minimum Gasteiger partial charge on any atom is -0.312 e. The number of hydrogen-bond acceptors (Lipinski definition) is 3. The molecule has 0 atom stereocenters. The van der Waals surface area contributed by atoms with Gasteiger partial charge in [0.15, 0.2) is 0 Å². The third-order valence-electron chi connectivity index (χ3n) is 4.62. The van der Waals surface area contributed by atoms with E-state index >= 15 is 0 Å². The zero-order valence-electron chi connectivity index (χ0n) is 14.7. The molecule has 2 aromatic rings. The van der Waals surface area contributed by atoms with E-state index in [2.05, 4.69) is 4.72 Å². The Morgan fingerprint density at radius 2 is 1.84 bits per heavy atom. The highest BCUT2D eigenvalue weighted by Crippen LogP contribution is 2.30. The van der Waals surface area contributed by atoms with Gasteiger partial charge >= 0.3 is 0 Å². The number of rotatable bonds is 3. The molecule has 0 fully saturated rings. The molecular formula is C19H22N2O3S. The summed E-state index contributed by atoms with van der Waals surface area (Å²) in [7, 11) is -3.64. The summed E-state index contributed by atoms with van der Waals surface area (Å²) in [5.74, 6) is 0.00408. The van der Waals surface area contributed by atoms with E-state index in [9.17, 15) is 13.2 Å². The number of nitrogens with zero attached hydrogens (tertiary/aromatic N) is 1. The van der Waals surface area contributed by atoms with E-state index in [1.54, 1.807) is 30.0 Å². The van der Waals surface area contributed by atoms with Gasteiger partial charge in [-0.15, -0.1) is 0 Å². The summed E-state index contributed by atoms with van der Waals surface area (Å²) in [6.07, 6.45) is 1.71. The third kappa shape index (κ3) is 3.54. The van der Waals surface area contributed by atoms with Crippen molar-refractivity contribution in [2.24, 2.45) is 0 Å². The second-order valence-corrected chi connectivity index (χ2v) is 8.15. The van der Waals surface area contributed by atoms with Crippen molar-refractivity contribution in [3.63, 3.8) is 0 Å². The van der Waals surface area contributed by atoms with Gasteiger partial charge in [0.2, 0.25) is 5.91 Å². The molecule has 0 unspecified atom stereocenters. The fourth-order valence-electron chi connectivity index (χ4n) is 3.08. The average molecular weight is 358 g/mol. The van der Waals surface area contributed by atoms with Crippen LogP contribution in [0, 0.1) is 13.8 Å². The summed E-state index contributed by atoms with van der Waals surface area (Å²) in [6.45, 7) is 6.09. The largest absolute Gasteiger partial charge is 0.312 e. The standard InChI is InChI=1S/C19H22N2O3S/c1-13-6-8-18(11-14(13)2)25(23,24)20-17-7-9-19-16(12-17)5-4-10-21(19)15(3)22/h6-9,11-12,20H,4-5,10H2,1-3H3. The highest BCUT2D eigenvalue weighted by Gasteiger charge is 2.21. The molecule has 1 aliphatic heterocycles. The number of carbonyl (C=O) groups excluding carboxylic acids is 1. The van der Waals surface area contributed by atoms with Gasteiger partial charge in [-0.1, -0.05) is 6.07 Å². The minimum absolute atomic E-state index is 0.00408. The van der Waals surface area contributed by atoms with Crippen LogP contribution in [0.25, 0.3) is 0 Å². The molecule has 0 saturated heterocycles. The van der Waals surface area contributed by atoms with Crippen LogP contribution in [0.5, 0.6) is 0 Å². The Morgan fingerprint density at radius 3 is 2.52 bits per heavy atom. The number of aryl methyl sites for hydroxylation is 3. The lowest BCUT2D eigenvalue weighted by Gasteiger charge is -2.29. The maximum atomic E-state index is 12.6. The highest BCUT2D eigenvalue weighted by atomic mass is 32.2. The van der Waals surface area contributed by atoms with E-state index in [1.165, 1.54) is 0 Å². The Balaban J connectivity index is 1.90. The van der Waals surface area contributed by atoms with Gasteiger partial charge in [0.05, 0.1) is 4.90 Å². The van der Waals surface area contributed by atoms with Crippen molar-refractivity contribution in [2.75, 3.05) is 16.2 Å². The van der Waals surface area contributed by atoms with Crippen LogP contribution in [0.15, 0.2) is 41.3 Å². The smallest absolute Gasteiger partial charge is 0.261 e. The molecule has 0 aromatic heterocycles. The van der Waals surface area contributed by atoms with Crippen molar-refractivity contribution in [1.29, 1.82) is 0 Å². The molecule has 25 heavy (non-hydrogen) atoms. The number of amides is 1. The third-order valence-corrected chi connectivity index (χ3v) is 6.00. The Labute approximate surface area is 148 Å². The number of sulfonamides is 1. The second kappa shape index (κ2) is 6.52. The summed E-state index contributed by atoms with van der Waals surface area (Å²) in [5, 5.41) is 0. The first-order chi connectivity index (χ1) is 11.8. The predicted molar refractivity (Wildman–Crippen MR) is 99.5 cm³/mol. The minimum atomic E-state index is -3.64. The van der Waals surface area contributed by atoms with Gasteiger partial charge in [-0.25, -0.2) is 8.42 Å². The van der Waals surface area contributed by atoms with Crippen LogP contribution < -0.4 is 9.62 Å². The van der Waals surface area contributed by atoms with Crippen LogP contribution in [0.4, 0.5) is 11.4 Å². The number of fused-ring (bicyclic) bond motifs is 1. The Morgan fingerprint density at radius 1 is 1.08 bits per heavy atom. The molecule has 0 spiro atoms. The van der Waals surface area contributed by atoms with E-state index in [-0.39, 0.29) is 10.8 Å². The van der Waals surface area contributed by atoms with Crippen LogP contribution in [-0.2, 0) is 21.2 Å². The Bertz CT molecular complexity index is 936. The van der Waals surface area contributed by atoms with E-state index in [0.29, 0.717) is 12.2 Å². The SMILES string of the molecule is CC(=O)N1CCCc2cc(NS(=O)(=O)c3ccc(C)c(C)c3)ccc21. The van der Waals surface area contributed by atoms with Crippen LogP contribution >= 0.6 is 0 Å². The molecule has 1 heterocycles. The molecule has 0 aliphatic carbocycles. The topological polar surface area (TPSA) is 66.5 Å². The van der Waals surface area contributed by atoms with Crippen molar-refractivity contribution in [3.05, 3.63) is 53.1 Å². The van der Waals surface area contributed by atoms with Gasteiger partial charge in [0, 0.05) is 24.8 Å². The monoisotopic (exact) mass is 358 g/mol. The van der Waals surface area contributed by atoms with Crippen molar-refractivity contribution in [1.82, 2.24) is 0 Å². The summed E-state index contributed by atoms with van der Waals surface area (Å²) in [6, 6.07) is 10.4. The van der Waals surface area contributed by atoms with Crippen molar-refractivity contribution < 1.29 is 13.2 Å². The lowest BCUT2D eigenvalue weighted by Crippen LogP contribution is -2.33. The summed E-state index contributed by atoms with van der Waals surface area (Å²) < 4.78 is 27.9. The van der Waals surface area contributed by atoms with Crippen LogP contribution in [0.3, 0.4) is 0 Å². The molecule has 1 aliphatic rings. The van der Waals surface area contributed by atoms with Crippen molar-refractivity contribution in [2.45, 2.75) is 38.5 Å². The fourth-order valence-corrected chi connectivity index (χ4v) is 4.22. The number of hydrogen-bond donors (Lipinski definition) is 1. The van der Waals surface area contributed by atoms with Crippen molar-refractivity contribution in [3.8, 4) is 0 Å². The molecular weight excluding hydrogens is 336 g/mol. The first-order valence-electron chi connectivity index (χ1n) is 8.29. The number of benzene rings is 2. The first kappa shape index (κ1) is 17.5. The van der Waals surface area contributed by atoms with E-state index < -0.39 is 10.0 Å². The lowest BCUT2D eigenvalue weighted by atomic mass is 10.0. The van der Waals surface area contributed by atoms with E-state index in [0.717, 1.165) is 35.2 Å². The molecule has 6 heteroatoms. The zero-order valence-corrected chi connectivity index (χ0v) is 15.5. The molecule has 1 amide bonds. The molecule has 2 aromatic carbocycles. The number of nitrogens with one attached hydrogen (secondary N) is 1. The maximum Gasteiger partial charge on any atom is 0.261 e. The number of anilines is 2. The zero-order chi connectivity index (χ0) is 18.2. The molecule has 0 saturated carbocycles. The van der Waals surface area contributed by atoms with Gasteiger partial charge in [0.25, 0.3) is 10.0 Å². The van der Waals surface area contributed by atoms with Crippen LogP contribution in [-0.4, -0.2) is 20.9 Å². The van der Waals surface area contributed by atoms with Gasteiger partial charge in [-0.2, -0.15) is 0 Å². The summed E-state index contributed by atoms with van der Waals surface area (Å²) in [4.78, 5) is 13.7.